The quantitative estimate of drug-likeness (QED) is 0.610. The molecule has 2 N–H and O–H groups in total. The number of carbonyl (C=O) groups is 1. The van der Waals surface area contributed by atoms with Crippen LogP contribution in [-0.4, -0.2) is 51.9 Å². The number of sulfonamides is 1. The van der Waals surface area contributed by atoms with E-state index in [-0.39, 0.29) is 23.2 Å². The maximum Gasteiger partial charge on any atom is 0.253 e. The van der Waals surface area contributed by atoms with Crippen LogP contribution in [0.3, 0.4) is 0 Å². The minimum absolute atomic E-state index is 0. The smallest absolute Gasteiger partial charge is 0.253 e. The van der Waals surface area contributed by atoms with Crippen molar-refractivity contribution in [2.24, 2.45) is 0 Å². The van der Waals surface area contributed by atoms with Crippen molar-refractivity contribution >= 4 is 28.3 Å². The lowest BCUT2D eigenvalue weighted by Crippen LogP contribution is -2.32. The lowest BCUT2D eigenvalue weighted by Gasteiger charge is -2.18. The zero-order valence-electron chi connectivity index (χ0n) is 14.5. The molecule has 0 aliphatic heterocycles. The van der Waals surface area contributed by atoms with Crippen molar-refractivity contribution < 1.29 is 13.2 Å². The van der Waals surface area contributed by atoms with Gasteiger partial charge in [0.25, 0.3) is 5.91 Å². The van der Waals surface area contributed by atoms with Crippen LogP contribution in [0.4, 0.5) is 0 Å². The SMILES string of the molecule is CCCNCCNS(=O)(=O)c1ccc(C(=O)N(CC)CC)cc1.Cl. The summed E-state index contributed by atoms with van der Waals surface area (Å²) in [6.45, 7) is 8.92. The van der Waals surface area contributed by atoms with Crippen LogP contribution in [0.2, 0.25) is 0 Å². The van der Waals surface area contributed by atoms with Crippen LogP contribution in [0.25, 0.3) is 0 Å². The summed E-state index contributed by atoms with van der Waals surface area (Å²) in [5.74, 6) is -0.0873. The van der Waals surface area contributed by atoms with Gasteiger partial charge in [0.2, 0.25) is 10.0 Å². The van der Waals surface area contributed by atoms with Gasteiger partial charge in [-0.15, -0.1) is 12.4 Å². The maximum atomic E-state index is 12.2. The zero-order valence-corrected chi connectivity index (χ0v) is 16.2. The van der Waals surface area contributed by atoms with Crippen LogP contribution >= 0.6 is 12.4 Å². The molecule has 0 radical (unpaired) electrons. The minimum atomic E-state index is -3.54. The van der Waals surface area contributed by atoms with Crippen LogP contribution in [0.15, 0.2) is 29.2 Å². The summed E-state index contributed by atoms with van der Waals surface area (Å²) in [5, 5.41) is 3.13. The second-order valence-electron chi connectivity index (χ2n) is 5.15. The van der Waals surface area contributed by atoms with Crippen molar-refractivity contribution in [2.45, 2.75) is 32.1 Å². The number of amides is 1. The van der Waals surface area contributed by atoms with Gasteiger partial charge in [0.15, 0.2) is 0 Å². The Morgan fingerprint density at radius 1 is 1.00 bits per heavy atom. The summed E-state index contributed by atoms with van der Waals surface area (Å²) >= 11 is 0. The number of rotatable bonds is 10. The van der Waals surface area contributed by atoms with E-state index in [9.17, 15) is 13.2 Å². The van der Waals surface area contributed by atoms with Crippen molar-refractivity contribution in [2.75, 3.05) is 32.7 Å². The summed E-state index contributed by atoms with van der Waals surface area (Å²) < 4.78 is 26.9. The Kier molecular flexibility index (Phi) is 10.9. The van der Waals surface area contributed by atoms with Crippen molar-refractivity contribution in [1.82, 2.24) is 14.9 Å². The molecular formula is C16H28ClN3O3S. The minimum Gasteiger partial charge on any atom is -0.339 e. The van der Waals surface area contributed by atoms with Crippen molar-refractivity contribution in [1.29, 1.82) is 0 Å². The molecule has 0 saturated heterocycles. The second-order valence-corrected chi connectivity index (χ2v) is 6.92. The van der Waals surface area contributed by atoms with Gasteiger partial charge in [-0.05, 0) is 51.1 Å². The van der Waals surface area contributed by atoms with E-state index < -0.39 is 10.0 Å². The number of benzene rings is 1. The van der Waals surface area contributed by atoms with E-state index in [4.69, 9.17) is 0 Å². The molecule has 8 heteroatoms. The fourth-order valence-corrected chi connectivity index (χ4v) is 3.16. The molecule has 24 heavy (non-hydrogen) atoms. The topological polar surface area (TPSA) is 78.5 Å². The monoisotopic (exact) mass is 377 g/mol. The Hall–Kier alpha value is -1.15. The number of nitrogens with zero attached hydrogens (tertiary/aromatic N) is 1. The van der Waals surface area contributed by atoms with Crippen molar-refractivity contribution in [3.05, 3.63) is 29.8 Å². The molecule has 1 rings (SSSR count). The largest absolute Gasteiger partial charge is 0.339 e. The molecule has 138 valence electrons. The first-order chi connectivity index (χ1) is 11.0. The van der Waals surface area contributed by atoms with Crippen molar-refractivity contribution in [3.63, 3.8) is 0 Å². The van der Waals surface area contributed by atoms with E-state index >= 15 is 0 Å². The summed E-state index contributed by atoms with van der Waals surface area (Å²) in [5.41, 5.74) is 0.497. The van der Waals surface area contributed by atoms with Crippen LogP contribution in [0.5, 0.6) is 0 Å². The third kappa shape index (κ3) is 6.76. The highest BCUT2D eigenvalue weighted by Crippen LogP contribution is 2.12. The van der Waals surface area contributed by atoms with Crippen LogP contribution in [0, 0.1) is 0 Å². The highest BCUT2D eigenvalue weighted by Gasteiger charge is 2.16. The highest BCUT2D eigenvalue weighted by molar-refractivity contribution is 7.89. The van der Waals surface area contributed by atoms with E-state index in [0.29, 0.717) is 31.7 Å². The molecular weight excluding hydrogens is 350 g/mol. The summed E-state index contributed by atoms with van der Waals surface area (Å²) in [6, 6.07) is 6.06. The van der Waals surface area contributed by atoms with Gasteiger partial charge in [-0.25, -0.2) is 13.1 Å². The van der Waals surface area contributed by atoms with Gasteiger partial charge < -0.3 is 10.2 Å². The Morgan fingerprint density at radius 2 is 1.58 bits per heavy atom. The molecule has 1 aromatic carbocycles. The van der Waals surface area contributed by atoms with E-state index in [0.717, 1.165) is 13.0 Å². The first kappa shape index (κ1) is 22.9. The Balaban J connectivity index is 0.00000529. The van der Waals surface area contributed by atoms with Gasteiger partial charge in [-0.2, -0.15) is 0 Å². The maximum absolute atomic E-state index is 12.2. The van der Waals surface area contributed by atoms with E-state index in [1.165, 1.54) is 12.1 Å². The van der Waals surface area contributed by atoms with Crippen molar-refractivity contribution in [3.8, 4) is 0 Å². The fraction of sp³-hybridized carbons (Fsp3) is 0.562. The normalized spacial score (nSPS) is 11.0. The predicted molar refractivity (Wildman–Crippen MR) is 99.3 cm³/mol. The molecule has 0 fully saturated rings. The first-order valence-corrected chi connectivity index (χ1v) is 9.54. The third-order valence-corrected chi connectivity index (χ3v) is 4.96. The predicted octanol–water partition coefficient (Wildman–Crippen LogP) is 1.87. The number of halogens is 1. The zero-order chi connectivity index (χ0) is 17.3. The number of nitrogens with one attached hydrogen (secondary N) is 2. The molecule has 0 atom stereocenters. The number of hydrogen-bond acceptors (Lipinski definition) is 4. The highest BCUT2D eigenvalue weighted by atomic mass is 35.5. The molecule has 1 aromatic rings. The molecule has 0 aliphatic carbocycles. The first-order valence-electron chi connectivity index (χ1n) is 8.06. The summed E-state index contributed by atoms with van der Waals surface area (Å²) in [4.78, 5) is 14.1. The molecule has 0 aromatic heterocycles. The van der Waals surface area contributed by atoms with Gasteiger partial charge in [0.05, 0.1) is 4.90 Å². The van der Waals surface area contributed by atoms with Crippen LogP contribution in [-0.2, 0) is 10.0 Å². The number of carbonyl (C=O) groups excluding carboxylic acids is 1. The van der Waals surface area contributed by atoms with Crippen LogP contribution < -0.4 is 10.0 Å². The van der Waals surface area contributed by atoms with Gasteiger partial charge in [0, 0.05) is 31.7 Å². The molecule has 0 aliphatic rings. The molecule has 6 nitrogen and oxygen atoms in total. The second kappa shape index (κ2) is 11.4. The van der Waals surface area contributed by atoms with Crippen LogP contribution in [0.1, 0.15) is 37.6 Å². The Labute approximate surface area is 151 Å². The van der Waals surface area contributed by atoms with Gasteiger partial charge in [-0.1, -0.05) is 6.92 Å². The van der Waals surface area contributed by atoms with E-state index in [1.54, 1.807) is 17.0 Å². The standard InChI is InChI=1S/C16H27N3O3S.ClH/c1-4-11-17-12-13-18-23(21,22)15-9-7-14(8-10-15)16(20)19(5-2)6-3;/h7-10,17-18H,4-6,11-13H2,1-3H3;1H. The van der Waals surface area contributed by atoms with Gasteiger partial charge >= 0.3 is 0 Å². The van der Waals surface area contributed by atoms with Gasteiger partial charge in [-0.3, -0.25) is 4.79 Å². The fourth-order valence-electron chi connectivity index (χ4n) is 2.13. The summed E-state index contributed by atoms with van der Waals surface area (Å²) in [7, 11) is -3.54. The lowest BCUT2D eigenvalue weighted by molar-refractivity contribution is 0.0773. The summed E-state index contributed by atoms with van der Waals surface area (Å²) in [6.07, 6.45) is 1.01. The van der Waals surface area contributed by atoms with E-state index in [1.807, 2.05) is 13.8 Å². The molecule has 0 heterocycles. The molecule has 0 unspecified atom stereocenters. The molecule has 0 saturated carbocycles. The number of hydrogen-bond donors (Lipinski definition) is 2. The third-order valence-electron chi connectivity index (χ3n) is 3.48. The molecule has 0 bridgehead atoms. The Morgan fingerprint density at radius 3 is 2.08 bits per heavy atom. The Bertz CT molecular complexity index is 587. The molecule has 0 spiro atoms. The average Bonchev–Trinajstić information content (AvgIpc) is 2.55. The average molecular weight is 378 g/mol. The lowest BCUT2D eigenvalue weighted by atomic mass is 10.2. The van der Waals surface area contributed by atoms with Gasteiger partial charge in [0.1, 0.15) is 0 Å². The molecule has 1 amide bonds. The van der Waals surface area contributed by atoms with E-state index in [2.05, 4.69) is 17.0 Å².